The molecule has 0 radical (unpaired) electrons. The minimum absolute atomic E-state index is 0.596. The van der Waals surface area contributed by atoms with Gasteiger partial charge >= 0.3 is 0 Å². The second-order valence-corrected chi connectivity index (χ2v) is 39.5. The van der Waals surface area contributed by atoms with Gasteiger partial charge in [0.1, 0.15) is 11.2 Å². The van der Waals surface area contributed by atoms with Crippen molar-refractivity contribution in [2.45, 2.75) is 10.8 Å². The summed E-state index contributed by atoms with van der Waals surface area (Å²) in [5.74, 6) is 0. The maximum Gasteiger partial charge on any atom is 0.143 e. The molecule has 678 valence electrons. The Morgan fingerprint density at radius 2 is 0.514 bits per heavy atom. The number of aromatic nitrogens is 3. The first-order chi connectivity index (χ1) is 72.4. The van der Waals surface area contributed by atoms with Crippen LogP contribution in [0.4, 0.5) is 34.1 Å². The largest absolute Gasteiger partial charge is 0.455 e. The van der Waals surface area contributed by atoms with E-state index < -0.39 is 10.8 Å². The third kappa shape index (κ3) is 11.7. The maximum absolute atomic E-state index is 7.17. The van der Waals surface area contributed by atoms with Crippen LogP contribution in [-0.2, 0) is 10.8 Å². The van der Waals surface area contributed by atoms with Crippen LogP contribution in [0, 0.1) is 0 Å². The average molecular weight is 1860 g/mol. The molecule has 2 atom stereocenters. The van der Waals surface area contributed by atoms with E-state index in [1.807, 2.05) is 0 Å². The Hall–Kier alpha value is -19.1. The third-order valence-corrected chi connectivity index (χ3v) is 32.3. The van der Waals surface area contributed by atoms with E-state index in [-0.39, 0.29) is 0 Å². The highest BCUT2D eigenvalue weighted by atomic mass is 16.3. The minimum Gasteiger partial charge on any atom is -0.455 e. The quantitative estimate of drug-likeness (QED) is 0.109. The lowest BCUT2D eigenvalue weighted by Crippen LogP contribution is -2.33. The average Bonchev–Trinajstić information content (AvgIpc) is 1.49. The summed E-state index contributed by atoms with van der Waals surface area (Å²) in [4.78, 5) is 4.97. The van der Waals surface area contributed by atoms with Gasteiger partial charge in [0.25, 0.3) is 0 Å². The first kappa shape index (κ1) is 81.7. The summed E-state index contributed by atoms with van der Waals surface area (Å²) < 4.78 is 14.7. The van der Waals surface area contributed by atoms with Gasteiger partial charge in [0.05, 0.1) is 66.7 Å². The molecule has 2 unspecified atom stereocenters. The molecule has 0 saturated heterocycles. The van der Waals surface area contributed by atoms with Gasteiger partial charge in [-0.15, -0.1) is 0 Å². The molecule has 0 N–H and O–H groups in total. The van der Waals surface area contributed by atoms with Gasteiger partial charge in [-0.05, 0) is 255 Å². The van der Waals surface area contributed by atoms with E-state index in [1.54, 1.807) is 0 Å². The van der Waals surface area contributed by atoms with Gasteiger partial charge in [-0.2, -0.15) is 0 Å². The van der Waals surface area contributed by atoms with Crippen molar-refractivity contribution in [3.63, 3.8) is 0 Å². The zero-order chi connectivity index (χ0) is 95.6. The molecule has 0 bridgehead atoms. The van der Waals surface area contributed by atoms with Gasteiger partial charge in [-0.3, -0.25) is 0 Å². The summed E-state index contributed by atoms with van der Waals surface area (Å²) >= 11 is 0. The number of nitrogens with zero attached hydrogens (tertiary/aromatic N) is 5. The zero-order valence-corrected chi connectivity index (χ0v) is 79.4. The van der Waals surface area contributed by atoms with Gasteiger partial charge in [-0.1, -0.05) is 400 Å². The molecule has 4 aliphatic rings. The first-order valence-electron chi connectivity index (χ1n) is 50.6. The SMILES string of the molecule is c1ccc(-c2ccc(-c3ccccc3N(c3ccc(-c4cccc5c4oc4ccc(-c6ccc7c8cccc9c8n(c7c6)-c6ccccc6C96c7ccccc7-c7cc(N(c8ccc(-c9ccc%10c(c9)c9ccccc9n%10-c9ccccc9)cc8)c8ccccc8-c8ccc(-c9ccccc9)cc8)ccc76)cc45)cc3)c3ccc4c(c3)-c3ccccc3C43c4ccccc4-n4c5ccccc5c5cccc3c54)cc2)cc1. The van der Waals surface area contributed by atoms with Gasteiger partial charge in [0.15, 0.2) is 0 Å². The highest BCUT2D eigenvalue weighted by molar-refractivity contribution is 6.18. The van der Waals surface area contributed by atoms with Crippen molar-refractivity contribution in [3.05, 3.63) is 572 Å². The molecule has 146 heavy (non-hydrogen) atoms. The Bertz CT molecular complexity index is 10100. The molecule has 0 saturated carbocycles. The van der Waals surface area contributed by atoms with Crippen LogP contribution < -0.4 is 9.80 Å². The van der Waals surface area contributed by atoms with E-state index in [4.69, 9.17) is 4.42 Å². The summed E-state index contributed by atoms with van der Waals surface area (Å²) in [6.45, 7) is 0. The van der Waals surface area contributed by atoms with Crippen molar-refractivity contribution in [3.8, 4) is 117 Å². The Morgan fingerprint density at radius 3 is 1.08 bits per heavy atom. The molecule has 4 aromatic heterocycles. The Labute approximate surface area is 843 Å². The summed E-state index contributed by atoms with van der Waals surface area (Å²) in [5, 5.41) is 9.54. The van der Waals surface area contributed by atoms with E-state index in [9.17, 15) is 0 Å². The minimum atomic E-state index is -0.682. The van der Waals surface area contributed by atoms with Crippen LogP contribution in [0.15, 0.2) is 532 Å². The lowest BCUT2D eigenvalue weighted by molar-refractivity contribution is 0.670. The molecule has 0 amide bonds. The van der Waals surface area contributed by atoms with Crippen molar-refractivity contribution >= 4 is 121 Å². The second kappa shape index (κ2) is 31.7. The second-order valence-electron chi connectivity index (χ2n) is 39.5. The number of fused-ring (bicyclic) bond motifs is 30. The fourth-order valence-electron chi connectivity index (χ4n) is 26.0. The maximum atomic E-state index is 7.17. The van der Waals surface area contributed by atoms with Crippen molar-refractivity contribution in [1.29, 1.82) is 0 Å². The zero-order valence-electron chi connectivity index (χ0n) is 79.4. The summed E-state index contributed by atoms with van der Waals surface area (Å²) in [6, 6.07) is 197. The summed E-state index contributed by atoms with van der Waals surface area (Å²) in [5.41, 5.74) is 48.5. The number of hydrogen-bond acceptors (Lipinski definition) is 3. The first-order valence-corrected chi connectivity index (χ1v) is 50.6. The fraction of sp³-hybridized carbons (Fsp3) is 0.0143. The van der Waals surface area contributed by atoms with Crippen molar-refractivity contribution in [2.24, 2.45) is 0 Å². The number of anilines is 6. The Balaban J connectivity index is 0.508. The van der Waals surface area contributed by atoms with Crippen LogP contribution in [0.3, 0.4) is 0 Å². The van der Waals surface area contributed by atoms with Crippen LogP contribution in [0.5, 0.6) is 0 Å². The standard InChI is InChI=1S/C140H87N5O/c1-4-29-88(30-5-1)90-57-61-93(62-58-90)104-35-12-20-51-127(104)141(100-72-65-92(66-73-100)96-70-81-131-117(83-96)110-40-15-22-53-129(110)143(131)99-33-8-3-9-34-99)102-76-80-122-116(86-102)108-38-11-17-46-120(108)140(122)124-48-19-25-56-133(124)145-134-85-98(69-78-111(134)113-43-28-50-126(140)137(113)145)97-71-82-135-118(84-97)114-44-26-41-106(138(114)146-135)95-67-74-101(75-68-95)142(128-52-21-13-36-105(128)94-63-59-91(60-64-94)89-31-6-2-7-32-89)103-77-79-121-115(87-103)107-37-10-16-45-119(107)139(121)123-47-18-24-55-132(123)144-130-54-23-14-39-109(130)112-42-27-49-125(139)136(112)144/h1-87H. The Morgan fingerprint density at radius 1 is 0.171 bits per heavy atom. The van der Waals surface area contributed by atoms with E-state index >= 15 is 0 Å². The number of benzene rings is 23. The van der Waals surface area contributed by atoms with Crippen LogP contribution in [0.2, 0.25) is 0 Å². The van der Waals surface area contributed by atoms with E-state index in [0.29, 0.717) is 0 Å². The molecule has 6 heterocycles. The summed E-state index contributed by atoms with van der Waals surface area (Å²) in [7, 11) is 0. The molecule has 23 aromatic carbocycles. The van der Waals surface area contributed by atoms with Crippen LogP contribution >= 0.6 is 0 Å². The van der Waals surface area contributed by atoms with Gasteiger partial charge in [-0.25, -0.2) is 0 Å². The van der Waals surface area contributed by atoms with E-state index in [0.717, 1.165) is 123 Å². The molecular formula is C140H87N5O. The predicted molar refractivity (Wildman–Crippen MR) is 606 cm³/mol. The highest BCUT2D eigenvalue weighted by Gasteiger charge is 2.53. The topological polar surface area (TPSA) is 34.4 Å². The highest BCUT2D eigenvalue weighted by Crippen LogP contribution is 2.65. The monoisotopic (exact) mass is 1850 g/mol. The fourth-order valence-corrected chi connectivity index (χ4v) is 26.0. The van der Waals surface area contributed by atoms with Gasteiger partial charge < -0.3 is 27.9 Å². The van der Waals surface area contributed by atoms with Crippen molar-refractivity contribution in [1.82, 2.24) is 13.7 Å². The third-order valence-electron chi connectivity index (χ3n) is 32.3. The van der Waals surface area contributed by atoms with Crippen molar-refractivity contribution in [2.75, 3.05) is 9.80 Å². The smallest absolute Gasteiger partial charge is 0.143 e. The molecule has 2 aliphatic heterocycles. The number of para-hydroxylation sites is 10. The number of furan rings is 1. The lowest BCUT2D eigenvalue weighted by atomic mass is 9.65. The molecule has 31 rings (SSSR count). The lowest BCUT2D eigenvalue weighted by Gasteiger charge is -2.39. The predicted octanol–water partition coefficient (Wildman–Crippen LogP) is 36.8. The van der Waals surface area contributed by atoms with Crippen molar-refractivity contribution < 1.29 is 4.42 Å². The van der Waals surface area contributed by atoms with Gasteiger partial charge in [0.2, 0.25) is 0 Å². The normalized spacial score (nSPS) is 14.4. The molecule has 2 aliphatic carbocycles. The molecule has 2 spiro atoms. The van der Waals surface area contributed by atoms with Crippen LogP contribution in [0.1, 0.15) is 44.5 Å². The molecule has 0 fully saturated rings. The summed E-state index contributed by atoms with van der Waals surface area (Å²) in [6.07, 6.45) is 0. The van der Waals surface area contributed by atoms with Crippen LogP contribution in [0.25, 0.3) is 205 Å². The van der Waals surface area contributed by atoms with Gasteiger partial charge in [0, 0.05) is 88.2 Å². The molecular weight excluding hydrogens is 1770 g/mol. The number of hydrogen-bond donors (Lipinski definition) is 0. The van der Waals surface area contributed by atoms with Crippen LogP contribution in [-0.4, -0.2) is 13.7 Å². The molecule has 27 aromatic rings. The van der Waals surface area contributed by atoms with E-state index in [1.165, 1.54) is 160 Å². The number of rotatable bonds is 14. The molecule has 6 nitrogen and oxygen atoms in total. The Kier molecular flexibility index (Phi) is 17.7. The molecule has 6 heteroatoms. The van der Waals surface area contributed by atoms with E-state index in [2.05, 4.69) is 551 Å².